The molecular weight excluding hydrogens is 252 g/mol. The zero-order valence-corrected chi connectivity index (χ0v) is 11.0. The minimum atomic E-state index is -1.67. The summed E-state index contributed by atoms with van der Waals surface area (Å²) in [7, 11) is 0. The Morgan fingerprint density at radius 1 is 1.26 bits per heavy atom. The van der Waals surface area contributed by atoms with Crippen LogP contribution in [0.3, 0.4) is 0 Å². The number of aliphatic hydroxyl groups excluding tert-OH is 1. The summed E-state index contributed by atoms with van der Waals surface area (Å²) in [5.41, 5.74) is 0. The molecule has 4 atom stereocenters. The summed E-state index contributed by atoms with van der Waals surface area (Å²) in [5.74, 6) is -1.53. The molecule has 19 heavy (non-hydrogen) atoms. The molecular formula is C13H20O6. The van der Waals surface area contributed by atoms with Gasteiger partial charge < -0.3 is 19.3 Å². The molecule has 1 N–H and O–H groups in total. The second-order valence-electron chi connectivity index (χ2n) is 4.95. The highest BCUT2D eigenvalue weighted by Gasteiger charge is 2.49. The first-order valence-corrected chi connectivity index (χ1v) is 6.83. The quantitative estimate of drug-likeness (QED) is 0.432. The fraction of sp³-hybridized carbons (Fsp3) is 0.846. The first-order chi connectivity index (χ1) is 9.13. The van der Waals surface area contributed by atoms with Crippen LogP contribution in [-0.4, -0.2) is 48.1 Å². The van der Waals surface area contributed by atoms with Crippen LogP contribution in [0.5, 0.6) is 0 Å². The van der Waals surface area contributed by atoms with Crippen molar-refractivity contribution in [2.24, 2.45) is 0 Å². The summed E-state index contributed by atoms with van der Waals surface area (Å²) < 4.78 is 15.8. The molecule has 0 saturated carbocycles. The van der Waals surface area contributed by atoms with Gasteiger partial charge in [-0.3, -0.25) is 4.79 Å². The van der Waals surface area contributed by atoms with Crippen molar-refractivity contribution in [1.29, 1.82) is 0 Å². The van der Waals surface area contributed by atoms with Crippen LogP contribution in [0.25, 0.3) is 0 Å². The lowest BCUT2D eigenvalue weighted by molar-refractivity contribution is -0.152. The highest BCUT2D eigenvalue weighted by atomic mass is 16.7. The number of carbonyl (C=O) groups excluding carboxylic acids is 2. The summed E-state index contributed by atoms with van der Waals surface area (Å²) in [6.45, 7) is 2.36. The molecule has 0 amide bonds. The number of esters is 1. The van der Waals surface area contributed by atoms with E-state index in [2.05, 4.69) is 6.92 Å². The van der Waals surface area contributed by atoms with Crippen molar-refractivity contribution in [3.8, 4) is 0 Å². The molecule has 6 heteroatoms. The third-order valence-corrected chi connectivity index (χ3v) is 3.42. The fourth-order valence-electron chi connectivity index (χ4n) is 2.30. The smallest absolute Gasteiger partial charge is 0.343 e. The lowest BCUT2D eigenvalue weighted by Gasteiger charge is -2.15. The van der Waals surface area contributed by atoms with Gasteiger partial charge in [0.15, 0.2) is 12.4 Å². The van der Waals surface area contributed by atoms with Crippen LogP contribution in [0.4, 0.5) is 0 Å². The monoisotopic (exact) mass is 272 g/mol. The highest BCUT2D eigenvalue weighted by Crippen LogP contribution is 2.25. The van der Waals surface area contributed by atoms with E-state index in [1.54, 1.807) is 0 Å². The van der Waals surface area contributed by atoms with Gasteiger partial charge in [0.25, 0.3) is 0 Å². The molecule has 1 unspecified atom stereocenters. The molecule has 2 aliphatic rings. The number of unbranched alkanes of at least 4 members (excludes halogenated alkanes) is 3. The van der Waals surface area contributed by atoms with Crippen molar-refractivity contribution in [2.45, 2.75) is 63.6 Å². The van der Waals surface area contributed by atoms with Gasteiger partial charge in [-0.05, 0) is 12.8 Å². The van der Waals surface area contributed by atoms with E-state index in [0.717, 1.165) is 19.3 Å². The van der Waals surface area contributed by atoms with Crippen molar-refractivity contribution < 1.29 is 28.9 Å². The summed E-state index contributed by atoms with van der Waals surface area (Å²) >= 11 is 0. The van der Waals surface area contributed by atoms with Crippen LogP contribution >= 0.6 is 0 Å². The number of aliphatic hydroxyl groups is 1. The number of ketones is 1. The van der Waals surface area contributed by atoms with E-state index in [9.17, 15) is 14.7 Å². The Kier molecular flexibility index (Phi) is 4.90. The third-order valence-electron chi connectivity index (χ3n) is 3.42. The minimum absolute atomic E-state index is 0.217. The number of Topliss-reactive ketones (excluding diaryl/α,β-unsaturated/α-hetero) is 1. The maximum absolute atomic E-state index is 11.6. The molecule has 0 spiro atoms. The number of hydrogen-bond donors (Lipinski definition) is 1. The number of cyclic esters (lactones) is 1. The van der Waals surface area contributed by atoms with Gasteiger partial charge >= 0.3 is 5.97 Å². The summed E-state index contributed by atoms with van der Waals surface area (Å²) in [6.07, 6.45) is 1.62. The van der Waals surface area contributed by atoms with Crippen LogP contribution in [0.2, 0.25) is 0 Å². The molecule has 2 aliphatic heterocycles. The lowest BCUT2D eigenvalue weighted by Crippen LogP contribution is -2.36. The molecule has 2 heterocycles. The Labute approximate surface area is 112 Å². The fourth-order valence-corrected chi connectivity index (χ4v) is 2.30. The lowest BCUT2D eigenvalue weighted by atomic mass is 10.1. The average molecular weight is 272 g/mol. The van der Waals surface area contributed by atoms with Crippen molar-refractivity contribution >= 4 is 11.8 Å². The Morgan fingerprint density at radius 3 is 2.68 bits per heavy atom. The molecule has 0 aromatic rings. The number of rotatable bonds is 6. The Morgan fingerprint density at radius 2 is 2.05 bits per heavy atom. The molecule has 2 saturated heterocycles. The van der Waals surface area contributed by atoms with Crippen LogP contribution in [0.15, 0.2) is 0 Å². The molecule has 0 aromatic heterocycles. The highest BCUT2D eigenvalue weighted by molar-refractivity contribution is 6.09. The number of hydrogen-bond acceptors (Lipinski definition) is 6. The second kappa shape index (κ2) is 6.45. The van der Waals surface area contributed by atoms with Crippen molar-refractivity contribution in [1.82, 2.24) is 0 Å². The van der Waals surface area contributed by atoms with E-state index in [1.165, 1.54) is 12.8 Å². The molecule has 0 radical (unpaired) electrons. The maximum Gasteiger partial charge on any atom is 0.343 e. The SMILES string of the molecule is CCCCCC[C@H]1OC[C@@H]([C@H]2OC(=O)C(O)C2=O)O1. The average Bonchev–Trinajstić information content (AvgIpc) is 2.96. The maximum atomic E-state index is 11.6. The first-order valence-electron chi connectivity index (χ1n) is 6.83. The van der Waals surface area contributed by atoms with Gasteiger partial charge in [0, 0.05) is 0 Å². The number of ether oxygens (including phenoxy) is 3. The van der Waals surface area contributed by atoms with Gasteiger partial charge in [-0.1, -0.05) is 26.2 Å². The largest absolute Gasteiger partial charge is 0.449 e. The van der Waals surface area contributed by atoms with E-state index in [-0.39, 0.29) is 12.9 Å². The first kappa shape index (κ1) is 14.4. The Bertz CT molecular complexity index is 342. The Balaban J connectivity index is 1.76. The summed E-state index contributed by atoms with van der Waals surface area (Å²) in [5, 5.41) is 9.24. The standard InChI is InChI=1S/C13H20O6/c1-2-3-4-5-6-9-17-7-8(18-9)12-10(14)11(15)13(16)19-12/h8-9,11-12,15H,2-7H2,1H3/t8-,9-,11?,12+/m0/s1. The Hall–Kier alpha value is -0.980. The van der Waals surface area contributed by atoms with Gasteiger partial charge in [-0.15, -0.1) is 0 Å². The molecule has 2 fully saturated rings. The van der Waals surface area contributed by atoms with E-state index in [0.29, 0.717) is 0 Å². The molecule has 0 aliphatic carbocycles. The summed E-state index contributed by atoms with van der Waals surface area (Å²) in [6, 6.07) is 0. The van der Waals surface area contributed by atoms with Gasteiger partial charge in [0.1, 0.15) is 6.10 Å². The van der Waals surface area contributed by atoms with Gasteiger partial charge in [-0.25, -0.2) is 4.79 Å². The van der Waals surface area contributed by atoms with E-state index < -0.39 is 30.1 Å². The van der Waals surface area contributed by atoms with Crippen LogP contribution in [-0.2, 0) is 23.8 Å². The summed E-state index contributed by atoms with van der Waals surface area (Å²) in [4.78, 5) is 22.7. The topological polar surface area (TPSA) is 82.1 Å². The zero-order valence-electron chi connectivity index (χ0n) is 11.0. The second-order valence-corrected chi connectivity index (χ2v) is 4.95. The van der Waals surface area contributed by atoms with Crippen LogP contribution < -0.4 is 0 Å². The predicted molar refractivity (Wildman–Crippen MR) is 64.3 cm³/mol. The van der Waals surface area contributed by atoms with E-state index in [1.807, 2.05) is 0 Å². The predicted octanol–water partition coefficient (Wildman–Crippen LogP) is 0.554. The molecule has 6 nitrogen and oxygen atoms in total. The van der Waals surface area contributed by atoms with Gasteiger partial charge in [0.2, 0.25) is 11.9 Å². The van der Waals surface area contributed by atoms with Crippen molar-refractivity contribution in [3.05, 3.63) is 0 Å². The van der Waals surface area contributed by atoms with E-state index >= 15 is 0 Å². The molecule has 0 aromatic carbocycles. The normalized spacial score (nSPS) is 34.8. The van der Waals surface area contributed by atoms with Crippen molar-refractivity contribution in [2.75, 3.05) is 6.61 Å². The molecule has 0 bridgehead atoms. The number of carbonyl (C=O) groups is 2. The minimum Gasteiger partial charge on any atom is -0.449 e. The van der Waals surface area contributed by atoms with Crippen LogP contribution in [0.1, 0.15) is 39.0 Å². The molecule has 2 rings (SSSR count). The van der Waals surface area contributed by atoms with Crippen molar-refractivity contribution in [3.63, 3.8) is 0 Å². The van der Waals surface area contributed by atoms with E-state index in [4.69, 9.17) is 14.2 Å². The molecule has 108 valence electrons. The third kappa shape index (κ3) is 3.32. The van der Waals surface area contributed by atoms with Gasteiger partial charge in [0.05, 0.1) is 6.61 Å². The zero-order chi connectivity index (χ0) is 13.8. The van der Waals surface area contributed by atoms with Gasteiger partial charge in [-0.2, -0.15) is 0 Å². The van der Waals surface area contributed by atoms with Crippen LogP contribution in [0, 0.1) is 0 Å².